The molecule has 1 fully saturated rings. The summed E-state index contributed by atoms with van der Waals surface area (Å²) in [4.78, 5) is 43.6. The maximum absolute atomic E-state index is 14.5. The zero-order valence-corrected chi connectivity index (χ0v) is 23.2. The molecule has 13 heteroatoms. The fourth-order valence-electron chi connectivity index (χ4n) is 5.01. The molecule has 10 nitrogen and oxygen atoms in total. The lowest BCUT2D eigenvalue weighted by Gasteiger charge is -2.38. The zero-order valence-electron chi connectivity index (χ0n) is 23.2. The van der Waals surface area contributed by atoms with Crippen LogP contribution in [0.1, 0.15) is 34.5 Å². The van der Waals surface area contributed by atoms with Gasteiger partial charge in [-0.3, -0.25) is 14.4 Å². The molecule has 2 aromatic carbocycles. The summed E-state index contributed by atoms with van der Waals surface area (Å²) >= 11 is 0. The monoisotopic (exact) mass is 598 g/mol. The van der Waals surface area contributed by atoms with Crippen LogP contribution in [-0.2, 0) is 22.6 Å². The van der Waals surface area contributed by atoms with Crippen LogP contribution in [0.2, 0.25) is 0 Å². The van der Waals surface area contributed by atoms with E-state index < -0.39 is 53.7 Å². The Morgan fingerprint density at radius 2 is 1.86 bits per heavy atom. The van der Waals surface area contributed by atoms with Gasteiger partial charge in [-0.1, -0.05) is 6.07 Å². The first kappa shape index (κ1) is 29.7. The highest BCUT2D eigenvalue weighted by Crippen LogP contribution is 2.29. The number of carbonyl (C=O) groups excluding carboxylic acids is 3. The number of pyridine rings is 1. The maximum Gasteiger partial charge on any atom is 0.275 e. The van der Waals surface area contributed by atoms with Gasteiger partial charge >= 0.3 is 0 Å². The molecule has 5 rings (SSSR count). The van der Waals surface area contributed by atoms with Crippen molar-refractivity contribution in [3.8, 4) is 17.2 Å². The van der Waals surface area contributed by atoms with Crippen LogP contribution in [0.5, 0.6) is 17.2 Å². The number of hydrogen-bond acceptors (Lipinski definition) is 7. The van der Waals surface area contributed by atoms with Gasteiger partial charge in [-0.25, -0.2) is 18.2 Å². The molecule has 0 unspecified atom stereocenters. The maximum atomic E-state index is 14.5. The van der Waals surface area contributed by atoms with E-state index in [1.807, 2.05) is 0 Å². The highest BCUT2D eigenvalue weighted by Gasteiger charge is 2.36. The molecule has 0 aliphatic carbocycles. The number of likely N-dealkylation sites (tertiary alicyclic amines) is 1. The predicted octanol–water partition coefficient (Wildman–Crippen LogP) is 2.93. The van der Waals surface area contributed by atoms with Gasteiger partial charge in [-0.15, -0.1) is 0 Å². The Balaban J connectivity index is 1.42. The van der Waals surface area contributed by atoms with Crippen molar-refractivity contribution >= 4 is 17.7 Å². The van der Waals surface area contributed by atoms with Crippen LogP contribution in [0.15, 0.2) is 48.7 Å². The van der Waals surface area contributed by atoms with Crippen molar-refractivity contribution in [1.29, 1.82) is 0 Å². The number of ether oxygens (including phenoxy) is 3. The standard InChI is InChI=1S/C30H29F3N4O6/c1-41-25-4-2-17-3-5-27(38)34-13-18-8-19(31)11-21(9-18)43-24-6-7-37(30(40)29-22(33)12-20(32)14-35-29)15-23(24)36-28(39)16-42-26(25)10-17/h2,4,8-12,14,23-24H,3,5-7,13,15-16H2,1H3,(H,34,38)(H,36,39)/t23-,24-/m1/s1. The number of halogens is 3. The van der Waals surface area contributed by atoms with E-state index in [-0.39, 0.29) is 44.1 Å². The number of rotatable bonds is 2. The molecular formula is C30H29F3N4O6. The molecule has 0 radical (unpaired) electrons. The number of aryl methyl sites for hydroxylation is 1. The molecule has 0 spiro atoms. The highest BCUT2D eigenvalue weighted by atomic mass is 19.1. The second kappa shape index (κ2) is 13.0. The number of aromatic nitrogens is 1. The van der Waals surface area contributed by atoms with Crippen molar-refractivity contribution in [1.82, 2.24) is 20.5 Å². The van der Waals surface area contributed by atoms with E-state index in [1.165, 1.54) is 24.1 Å². The smallest absolute Gasteiger partial charge is 0.275 e. The van der Waals surface area contributed by atoms with Crippen LogP contribution in [0, 0.1) is 17.5 Å². The van der Waals surface area contributed by atoms with Gasteiger partial charge in [-0.05, 0) is 41.8 Å². The van der Waals surface area contributed by atoms with E-state index >= 15 is 0 Å². The van der Waals surface area contributed by atoms with Crippen molar-refractivity contribution in [2.45, 2.75) is 38.0 Å². The average Bonchev–Trinajstić information content (AvgIpc) is 2.98. The topological polar surface area (TPSA) is 119 Å². The SMILES string of the molecule is COc1ccc2cc1OCC(=O)N[C@@H]1CN(C(=O)c3ncc(F)cc3F)CC[C@H]1Oc1cc(F)cc(c1)CNC(=O)CC2. The summed E-state index contributed by atoms with van der Waals surface area (Å²) < 4.78 is 59.4. The Morgan fingerprint density at radius 1 is 1.02 bits per heavy atom. The molecule has 2 atom stereocenters. The first-order chi connectivity index (χ1) is 20.7. The van der Waals surface area contributed by atoms with Gasteiger partial charge in [0.2, 0.25) is 5.91 Å². The van der Waals surface area contributed by atoms with E-state index in [2.05, 4.69) is 15.6 Å². The Labute approximate surface area is 245 Å². The summed E-state index contributed by atoms with van der Waals surface area (Å²) in [5, 5.41) is 5.59. The molecular weight excluding hydrogens is 569 g/mol. The van der Waals surface area contributed by atoms with Crippen LogP contribution in [-0.4, -0.2) is 66.6 Å². The van der Waals surface area contributed by atoms with Crippen molar-refractivity contribution in [2.24, 2.45) is 0 Å². The van der Waals surface area contributed by atoms with Gasteiger partial charge in [0.25, 0.3) is 11.8 Å². The lowest BCUT2D eigenvalue weighted by atomic mass is 10.0. The molecule has 1 saturated heterocycles. The summed E-state index contributed by atoms with van der Waals surface area (Å²) in [5.74, 6) is -3.34. The predicted molar refractivity (Wildman–Crippen MR) is 146 cm³/mol. The Bertz CT molecular complexity index is 1540. The molecule has 1 aromatic heterocycles. The van der Waals surface area contributed by atoms with E-state index in [0.29, 0.717) is 29.5 Å². The Morgan fingerprint density at radius 3 is 2.65 bits per heavy atom. The lowest BCUT2D eigenvalue weighted by molar-refractivity contribution is -0.125. The minimum atomic E-state index is -1.11. The molecule has 0 saturated carbocycles. The third kappa shape index (κ3) is 7.34. The summed E-state index contributed by atoms with van der Waals surface area (Å²) in [6, 6.07) is 8.92. The van der Waals surface area contributed by atoms with Gasteiger partial charge < -0.3 is 29.7 Å². The fourth-order valence-corrected chi connectivity index (χ4v) is 5.01. The normalized spacial score (nSPS) is 19.4. The Hall–Kier alpha value is -4.81. The lowest BCUT2D eigenvalue weighted by Crippen LogP contribution is -2.58. The summed E-state index contributed by atoms with van der Waals surface area (Å²) in [5.41, 5.74) is 0.687. The van der Waals surface area contributed by atoms with Crippen LogP contribution in [0.4, 0.5) is 13.2 Å². The van der Waals surface area contributed by atoms with Crippen LogP contribution >= 0.6 is 0 Å². The minimum absolute atomic E-state index is 0.0628. The zero-order chi connectivity index (χ0) is 30.5. The molecule has 2 aliphatic rings. The van der Waals surface area contributed by atoms with Gasteiger partial charge in [0.15, 0.2) is 29.6 Å². The van der Waals surface area contributed by atoms with Crippen molar-refractivity contribution in [3.63, 3.8) is 0 Å². The molecule has 3 aromatic rings. The van der Waals surface area contributed by atoms with Gasteiger partial charge in [0.1, 0.15) is 23.5 Å². The number of benzene rings is 2. The number of carbonyl (C=O) groups is 3. The number of amides is 3. The minimum Gasteiger partial charge on any atom is -0.493 e. The van der Waals surface area contributed by atoms with Gasteiger partial charge in [0.05, 0.1) is 19.3 Å². The largest absolute Gasteiger partial charge is 0.493 e. The molecule has 226 valence electrons. The van der Waals surface area contributed by atoms with E-state index in [0.717, 1.165) is 11.8 Å². The van der Waals surface area contributed by atoms with E-state index in [9.17, 15) is 27.6 Å². The summed E-state index contributed by atoms with van der Waals surface area (Å²) in [6.07, 6.45) is 0.752. The molecule has 3 heterocycles. The number of methoxy groups -OCH3 is 1. The second-order valence-electron chi connectivity index (χ2n) is 10.2. The van der Waals surface area contributed by atoms with Crippen LogP contribution < -0.4 is 24.8 Å². The molecule has 2 N–H and O–H groups in total. The number of fused-ring (bicyclic) bond motifs is 5. The summed E-state index contributed by atoms with van der Waals surface area (Å²) in [6.45, 7) is -0.374. The third-order valence-electron chi connectivity index (χ3n) is 7.13. The Kier molecular flexibility index (Phi) is 8.98. The highest BCUT2D eigenvalue weighted by molar-refractivity contribution is 5.92. The third-order valence-corrected chi connectivity index (χ3v) is 7.13. The van der Waals surface area contributed by atoms with Gasteiger partial charge in [0, 0.05) is 44.6 Å². The van der Waals surface area contributed by atoms with Crippen LogP contribution in [0.25, 0.3) is 0 Å². The fraction of sp³-hybridized carbons (Fsp3) is 0.333. The number of piperidine rings is 1. The number of nitrogens with one attached hydrogen (secondary N) is 2. The number of hydrogen-bond donors (Lipinski definition) is 2. The van der Waals surface area contributed by atoms with Gasteiger partial charge in [-0.2, -0.15) is 0 Å². The van der Waals surface area contributed by atoms with Crippen LogP contribution in [0.3, 0.4) is 0 Å². The number of nitrogens with zero attached hydrogens (tertiary/aromatic N) is 2. The molecule has 43 heavy (non-hydrogen) atoms. The van der Waals surface area contributed by atoms with E-state index in [1.54, 1.807) is 24.3 Å². The molecule has 2 aliphatic heterocycles. The van der Waals surface area contributed by atoms with Crippen molar-refractivity contribution < 1.29 is 41.8 Å². The first-order valence-corrected chi connectivity index (χ1v) is 13.6. The van der Waals surface area contributed by atoms with Crippen molar-refractivity contribution in [2.75, 3.05) is 26.8 Å². The van der Waals surface area contributed by atoms with Crippen molar-refractivity contribution in [3.05, 3.63) is 82.9 Å². The molecule has 3 amide bonds. The second-order valence-corrected chi connectivity index (χ2v) is 10.2. The summed E-state index contributed by atoms with van der Waals surface area (Å²) in [7, 11) is 1.46. The average molecular weight is 599 g/mol. The quantitative estimate of drug-likeness (QED) is 0.466. The van der Waals surface area contributed by atoms with E-state index in [4.69, 9.17) is 14.2 Å². The molecule has 4 bridgehead atoms. The first-order valence-electron chi connectivity index (χ1n) is 13.6.